The minimum Gasteiger partial charge on any atom is -0.497 e. The van der Waals surface area contributed by atoms with Crippen molar-refractivity contribution in [2.24, 2.45) is 0 Å². The number of nitrogens with zero attached hydrogens (tertiary/aromatic N) is 2. The maximum Gasteiger partial charge on any atom is 0.264 e. The number of amides is 1. The first kappa shape index (κ1) is 21.6. The molecule has 5 rings (SSSR count). The number of piperazine rings is 1. The molecule has 2 aliphatic rings. The molecule has 2 aliphatic heterocycles. The van der Waals surface area contributed by atoms with E-state index in [-0.39, 0.29) is 12.7 Å². The first-order valence-electron chi connectivity index (χ1n) is 10.9. The quantitative estimate of drug-likeness (QED) is 0.524. The Morgan fingerprint density at radius 3 is 2.48 bits per heavy atom. The highest BCUT2D eigenvalue weighted by Gasteiger charge is 2.23. The average molecular weight is 467 g/mol. The SMILES string of the molecule is COc1ccc(CN2CCN(C(=O)c3cc(COc4ccc5c(c4)OCO5)cs3)CC2)cc1. The van der Waals surface area contributed by atoms with Gasteiger partial charge in [-0.3, -0.25) is 9.69 Å². The zero-order valence-electron chi connectivity index (χ0n) is 18.5. The van der Waals surface area contributed by atoms with Gasteiger partial charge in [-0.15, -0.1) is 11.3 Å². The van der Waals surface area contributed by atoms with E-state index in [0.29, 0.717) is 18.1 Å². The third kappa shape index (κ3) is 5.07. The van der Waals surface area contributed by atoms with Gasteiger partial charge in [-0.05, 0) is 41.3 Å². The maximum atomic E-state index is 13.0. The Balaban J connectivity index is 1.11. The highest BCUT2D eigenvalue weighted by atomic mass is 32.1. The van der Waals surface area contributed by atoms with Crippen LogP contribution < -0.4 is 18.9 Å². The summed E-state index contributed by atoms with van der Waals surface area (Å²) in [5.41, 5.74) is 2.24. The summed E-state index contributed by atoms with van der Waals surface area (Å²) in [4.78, 5) is 18.1. The van der Waals surface area contributed by atoms with Gasteiger partial charge in [-0.2, -0.15) is 0 Å². The van der Waals surface area contributed by atoms with Gasteiger partial charge in [0.1, 0.15) is 18.1 Å². The lowest BCUT2D eigenvalue weighted by atomic mass is 10.2. The number of hydrogen-bond acceptors (Lipinski definition) is 7. The van der Waals surface area contributed by atoms with Gasteiger partial charge >= 0.3 is 0 Å². The number of fused-ring (bicyclic) bond motifs is 1. The topological polar surface area (TPSA) is 60.5 Å². The predicted molar refractivity (Wildman–Crippen MR) is 125 cm³/mol. The molecule has 1 aromatic heterocycles. The number of rotatable bonds is 7. The van der Waals surface area contributed by atoms with Crippen molar-refractivity contribution in [1.82, 2.24) is 9.80 Å². The molecular weight excluding hydrogens is 440 g/mol. The molecule has 2 aromatic carbocycles. The largest absolute Gasteiger partial charge is 0.497 e. The molecule has 172 valence electrons. The Bertz CT molecular complexity index is 1110. The van der Waals surface area contributed by atoms with Crippen LogP contribution in [0.2, 0.25) is 0 Å². The van der Waals surface area contributed by atoms with E-state index in [9.17, 15) is 4.79 Å². The van der Waals surface area contributed by atoms with Crippen molar-refractivity contribution >= 4 is 17.2 Å². The number of ether oxygens (including phenoxy) is 4. The summed E-state index contributed by atoms with van der Waals surface area (Å²) < 4.78 is 21.8. The van der Waals surface area contributed by atoms with Gasteiger partial charge in [-0.1, -0.05) is 12.1 Å². The Labute approximate surface area is 197 Å². The molecule has 0 radical (unpaired) electrons. The molecule has 0 spiro atoms. The number of benzene rings is 2. The highest BCUT2D eigenvalue weighted by Crippen LogP contribution is 2.35. The standard InChI is InChI=1S/C25H26N2O5S/c1-29-20-4-2-18(3-5-20)14-26-8-10-27(11-9-26)25(28)24-12-19(16-33-24)15-30-21-6-7-22-23(13-21)32-17-31-22/h2-7,12-13,16H,8-11,14-15,17H2,1H3. The summed E-state index contributed by atoms with van der Waals surface area (Å²) in [6.45, 7) is 4.72. The normalized spacial score (nSPS) is 15.5. The van der Waals surface area contributed by atoms with Crippen molar-refractivity contribution in [3.63, 3.8) is 0 Å². The molecule has 3 heterocycles. The Morgan fingerprint density at radius 1 is 0.939 bits per heavy atom. The van der Waals surface area contributed by atoms with Crippen molar-refractivity contribution in [3.8, 4) is 23.0 Å². The number of hydrogen-bond donors (Lipinski definition) is 0. The van der Waals surface area contributed by atoms with Crippen LogP contribution in [-0.4, -0.2) is 55.8 Å². The molecule has 0 atom stereocenters. The molecule has 1 fully saturated rings. The second-order valence-corrected chi connectivity index (χ2v) is 8.95. The van der Waals surface area contributed by atoms with Crippen LogP contribution in [0.15, 0.2) is 53.9 Å². The van der Waals surface area contributed by atoms with Gasteiger partial charge < -0.3 is 23.8 Å². The highest BCUT2D eigenvalue weighted by molar-refractivity contribution is 7.12. The zero-order chi connectivity index (χ0) is 22.6. The fourth-order valence-corrected chi connectivity index (χ4v) is 4.81. The predicted octanol–water partition coefficient (Wildman–Crippen LogP) is 4.02. The van der Waals surface area contributed by atoms with Crippen LogP contribution in [0, 0.1) is 0 Å². The number of thiophene rings is 1. The van der Waals surface area contributed by atoms with Gasteiger partial charge in [0.15, 0.2) is 11.5 Å². The molecule has 33 heavy (non-hydrogen) atoms. The smallest absolute Gasteiger partial charge is 0.264 e. The molecule has 1 amide bonds. The molecule has 0 aliphatic carbocycles. The molecule has 8 heteroatoms. The monoisotopic (exact) mass is 466 g/mol. The number of methoxy groups -OCH3 is 1. The summed E-state index contributed by atoms with van der Waals surface area (Å²) in [5.74, 6) is 3.10. The van der Waals surface area contributed by atoms with E-state index >= 15 is 0 Å². The molecule has 3 aromatic rings. The maximum absolute atomic E-state index is 13.0. The summed E-state index contributed by atoms with van der Waals surface area (Å²) >= 11 is 1.47. The minimum absolute atomic E-state index is 0.0958. The fraction of sp³-hybridized carbons (Fsp3) is 0.320. The van der Waals surface area contributed by atoms with Crippen LogP contribution >= 0.6 is 11.3 Å². The van der Waals surface area contributed by atoms with E-state index in [1.54, 1.807) is 7.11 Å². The van der Waals surface area contributed by atoms with Crippen LogP contribution in [0.4, 0.5) is 0 Å². The van der Waals surface area contributed by atoms with E-state index in [1.807, 2.05) is 46.7 Å². The lowest BCUT2D eigenvalue weighted by molar-refractivity contribution is 0.0633. The first-order valence-corrected chi connectivity index (χ1v) is 11.8. The van der Waals surface area contributed by atoms with E-state index in [2.05, 4.69) is 17.0 Å². The van der Waals surface area contributed by atoms with Gasteiger partial charge in [0, 0.05) is 44.4 Å². The van der Waals surface area contributed by atoms with E-state index in [4.69, 9.17) is 18.9 Å². The molecule has 7 nitrogen and oxygen atoms in total. The Morgan fingerprint density at radius 2 is 1.70 bits per heavy atom. The average Bonchev–Trinajstić information content (AvgIpc) is 3.52. The summed E-state index contributed by atoms with van der Waals surface area (Å²) in [7, 11) is 1.67. The molecular formula is C25H26N2O5S. The van der Waals surface area contributed by atoms with E-state index in [1.165, 1.54) is 16.9 Å². The van der Waals surface area contributed by atoms with Crippen molar-refractivity contribution in [3.05, 3.63) is 69.9 Å². The fourth-order valence-electron chi connectivity index (χ4n) is 3.95. The number of carbonyl (C=O) groups excluding carboxylic acids is 1. The molecule has 0 bridgehead atoms. The lowest BCUT2D eigenvalue weighted by Crippen LogP contribution is -2.48. The van der Waals surface area contributed by atoms with Crippen LogP contribution in [0.5, 0.6) is 23.0 Å². The van der Waals surface area contributed by atoms with Crippen LogP contribution in [0.3, 0.4) is 0 Å². The molecule has 0 unspecified atom stereocenters. The zero-order valence-corrected chi connectivity index (χ0v) is 19.3. The van der Waals surface area contributed by atoms with Gasteiger partial charge in [0.2, 0.25) is 6.79 Å². The van der Waals surface area contributed by atoms with Gasteiger partial charge in [0.05, 0.1) is 12.0 Å². The van der Waals surface area contributed by atoms with Crippen molar-refractivity contribution in [1.29, 1.82) is 0 Å². The molecule has 1 saturated heterocycles. The Hall–Kier alpha value is -3.23. The van der Waals surface area contributed by atoms with Gasteiger partial charge in [-0.25, -0.2) is 0 Å². The van der Waals surface area contributed by atoms with Gasteiger partial charge in [0.25, 0.3) is 5.91 Å². The third-order valence-corrected chi connectivity index (χ3v) is 6.81. The minimum atomic E-state index is 0.0958. The lowest BCUT2D eigenvalue weighted by Gasteiger charge is -2.34. The molecule has 0 saturated carbocycles. The van der Waals surface area contributed by atoms with E-state index < -0.39 is 0 Å². The third-order valence-electron chi connectivity index (χ3n) is 5.84. The summed E-state index contributed by atoms with van der Waals surface area (Å²) in [5, 5.41) is 1.99. The van der Waals surface area contributed by atoms with Crippen molar-refractivity contribution in [2.75, 3.05) is 40.1 Å². The van der Waals surface area contributed by atoms with Crippen molar-refractivity contribution < 1.29 is 23.7 Å². The molecule has 0 N–H and O–H groups in total. The van der Waals surface area contributed by atoms with Crippen molar-refractivity contribution in [2.45, 2.75) is 13.2 Å². The van der Waals surface area contributed by atoms with Crippen LogP contribution in [-0.2, 0) is 13.2 Å². The second-order valence-electron chi connectivity index (χ2n) is 8.04. The van der Waals surface area contributed by atoms with E-state index in [0.717, 1.165) is 54.7 Å². The first-order chi connectivity index (χ1) is 16.2. The Kier molecular flexibility index (Phi) is 6.37. The summed E-state index contributed by atoms with van der Waals surface area (Å²) in [6.07, 6.45) is 0. The second kappa shape index (κ2) is 9.72. The number of carbonyl (C=O) groups is 1. The van der Waals surface area contributed by atoms with Crippen LogP contribution in [0.25, 0.3) is 0 Å². The summed E-state index contributed by atoms with van der Waals surface area (Å²) in [6, 6.07) is 15.6. The van der Waals surface area contributed by atoms with Crippen LogP contribution in [0.1, 0.15) is 20.8 Å².